The molecule has 0 rings (SSSR count). The van der Waals surface area contributed by atoms with E-state index in [4.69, 9.17) is 5.73 Å². The van der Waals surface area contributed by atoms with Crippen molar-refractivity contribution in [3.8, 4) is 0 Å². The highest BCUT2D eigenvalue weighted by Crippen LogP contribution is 2.27. The second-order valence-corrected chi connectivity index (χ2v) is 16.9. The summed E-state index contributed by atoms with van der Waals surface area (Å²) in [5, 5.41) is 0.227. The maximum atomic E-state index is 6.27. The van der Waals surface area contributed by atoms with Crippen LogP contribution in [-0.4, -0.2) is 27.1 Å². The van der Waals surface area contributed by atoms with Gasteiger partial charge in [0.15, 0.2) is 0 Å². The summed E-state index contributed by atoms with van der Waals surface area (Å²) in [5.41, 5.74) is 11.0. The van der Waals surface area contributed by atoms with Gasteiger partial charge in [-0.05, 0) is 26.7 Å². The standard InChI is InChI=1S/C14H34IN3Si2/c1-9-13(3,16)18-20(7,8)12-11-19(5,6)14(4,10-2)17-15/h11-12,17-18H,9-10,16H2,1-8H3/b12-11-. The Morgan fingerprint density at radius 3 is 1.90 bits per heavy atom. The van der Waals surface area contributed by atoms with Crippen molar-refractivity contribution in [3.05, 3.63) is 11.4 Å². The van der Waals surface area contributed by atoms with Crippen molar-refractivity contribution < 1.29 is 0 Å². The molecular formula is C14H34IN3Si2. The van der Waals surface area contributed by atoms with Crippen molar-refractivity contribution in [1.82, 2.24) is 8.51 Å². The van der Waals surface area contributed by atoms with Crippen LogP contribution in [0.15, 0.2) is 11.4 Å². The normalized spacial score (nSPS) is 19.9. The number of hydrogen-bond donors (Lipinski definition) is 3. The molecule has 0 aromatic rings. The predicted octanol–water partition coefficient (Wildman–Crippen LogP) is 3.86. The lowest BCUT2D eigenvalue weighted by molar-refractivity contribution is 0.422. The molecule has 0 aliphatic heterocycles. The molecule has 0 bridgehead atoms. The van der Waals surface area contributed by atoms with Crippen LogP contribution in [0.25, 0.3) is 0 Å². The van der Waals surface area contributed by atoms with Crippen LogP contribution < -0.4 is 14.2 Å². The van der Waals surface area contributed by atoms with Gasteiger partial charge >= 0.3 is 0 Å². The van der Waals surface area contributed by atoms with Gasteiger partial charge < -0.3 is 10.7 Å². The summed E-state index contributed by atoms with van der Waals surface area (Å²) in [7, 11) is -3.12. The van der Waals surface area contributed by atoms with Gasteiger partial charge in [0.2, 0.25) is 0 Å². The quantitative estimate of drug-likeness (QED) is 0.239. The third-order valence-corrected chi connectivity index (χ3v) is 13.2. The van der Waals surface area contributed by atoms with Gasteiger partial charge in [0, 0.05) is 28.0 Å². The lowest BCUT2D eigenvalue weighted by Crippen LogP contribution is -2.62. The van der Waals surface area contributed by atoms with Gasteiger partial charge in [-0.2, -0.15) is 0 Å². The first-order chi connectivity index (χ1) is 8.85. The van der Waals surface area contributed by atoms with E-state index in [-0.39, 0.29) is 10.8 Å². The second-order valence-electron chi connectivity index (χ2n) is 7.45. The van der Waals surface area contributed by atoms with Gasteiger partial charge in [-0.15, -0.1) is 0 Å². The summed E-state index contributed by atoms with van der Waals surface area (Å²) in [6, 6.07) is 0. The summed E-state index contributed by atoms with van der Waals surface area (Å²) in [5.74, 6) is 0. The van der Waals surface area contributed by atoms with E-state index in [1.807, 2.05) is 0 Å². The van der Waals surface area contributed by atoms with E-state index < -0.39 is 16.3 Å². The fraction of sp³-hybridized carbons (Fsp3) is 0.857. The van der Waals surface area contributed by atoms with Gasteiger partial charge in [0.25, 0.3) is 0 Å². The molecule has 6 heteroatoms. The summed E-state index contributed by atoms with van der Waals surface area (Å²) < 4.78 is 3.51. The zero-order chi connectivity index (χ0) is 16.2. The Morgan fingerprint density at radius 2 is 1.55 bits per heavy atom. The maximum Gasteiger partial charge on any atom is 0.144 e. The van der Waals surface area contributed by atoms with Crippen LogP contribution in [0.2, 0.25) is 26.2 Å². The van der Waals surface area contributed by atoms with Crippen LogP contribution >= 0.6 is 22.9 Å². The van der Waals surface area contributed by atoms with Gasteiger partial charge in [-0.25, -0.2) is 0 Å². The molecule has 0 saturated heterocycles. The zero-order valence-electron chi connectivity index (χ0n) is 14.5. The van der Waals surface area contributed by atoms with Crippen LogP contribution in [0, 0.1) is 0 Å². The molecule has 0 saturated carbocycles. The second kappa shape index (κ2) is 7.37. The van der Waals surface area contributed by atoms with E-state index in [1.165, 1.54) is 0 Å². The Kier molecular flexibility index (Phi) is 7.65. The van der Waals surface area contributed by atoms with Crippen molar-refractivity contribution in [2.75, 3.05) is 0 Å². The molecule has 0 spiro atoms. The van der Waals surface area contributed by atoms with Crippen LogP contribution in [0.3, 0.4) is 0 Å². The molecule has 3 nitrogen and oxygen atoms in total. The van der Waals surface area contributed by atoms with Crippen molar-refractivity contribution in [2.24, 2.45) is 5.73 Å². The molecule has 0 radical (unpaired) electrons. The molecule has 0 aromatic carbocycles. The average molecular weight is 428 g/mol. The van der Waals surface area contributed by atoms with Crippen LogP contribution in [0.5, 0.6) is 0 Å². The third kappa shape index (κ3) is 5.88. The molecule has 0 heterocycles. The van der Waals surface area contributed by atoms with E-state index in [2.05, 4.69) is 96.7 Å². The van der Waals surface area contributed by atoms with Gasteiger partial charge in [-0.3, -0.25) is 3.53 Å². The smallest absolute Gasteiger partial charge is 0.144 e. The van der Waals surface area contributed by atoms with Crippen molar-refractivity contribution in [1.29, 1.82) is 0 Å². The van der Waals surface area contributed by atoms with Crippen LogP contribution in [0.4, 0.5) is 0 Å². The molecule has 0 aromatic heterocycles. The van der Waals surface area contributed by atoms with Crippen molar-refractivity contribution >= 4 is 39.2 Å². The van der Waals surface area contributed by atoms with Gasteiger partial charge in [0.05, 0.1) is 13.7 Å². The highest BCUT2D eigenvalue weighted by Gasteiger charge is 2.39. The number of nitrogens with one attached hydrogen (secondary N) is 2. The van der Waals surface area contributed by atoms with Gasteiger partial charge in [0.1, 0.15) is 8.24 Å². The number of nitrogens with two attached hydrogens (primary N) is 1. The fourth-order valence-corrected chi connectivity index (χ4v) is 11.2. The lowest BCUT2D eigenvalue weighted by atomic mass is 10.2. The van der Waals surface area contributed by atoms with Crippen LogP contribution in [-0.2, 0) is 0 Å². The zero-order valence-corrected chi connectivity index (χ0v) is 18.7. The Labute approximate surface area is 142 Å². The minimum absolute atomic E-state index is 0.227. The maximum absolute atomic E-state index is 6.27. The number of hydrogen-bond acceptors (Lipinski definition) is 3. The molecular weight excluding hydrogens is 393 g/mol. The number of rotatable bonds is 8. The number of halogens is 1. The topological polar surface area (TPSA) is 50.1 Å². The molecule has 0 aliphatic rings. The third-order valence-electron chi connectivity index (χ3n) is 4.60. The van der Waals surface area contributed by atoms with Crippen molar-refractivity contribution in [3.63, 3.8) is 0 Å². The minimum Gasteiger partial charge on any atom is -0.317 e. The van der Waals surface area contributed by atoms with Crippen molar-refractivity contribution in [2.45, 2.75) is 77.5 Å². The van der Waals surface area contributed by atoms with E-state index in [0.29, 0.717) is 0 Å². The predicted molar refractivity (Wildman–Crippen MR) is 106 cm³/mol. The molecule has 0 aliphatic carbocycles. The molecule has 120 valence electrons. The average Bonchev–Trinajstić information content (AvgIpc) is 2.34. The first-order valence-electron chi connectivity index (χ1n) is 7.51. The molecule has 20 heavy (non-hydrogen) atoms. The van der Waals surface area contributed by atoms with E-state index in [9.17, 15) is 0 Å². The molecule has 2 unspecified atom stereocenters. The molecule has 0 amide bonds. The largest absolute Gasteiger partial charge is 0.317 e. The first kappa shape index (κ1) is 20.8. The van der Waals surface area contributed by atoms with E-state index in [0.717, 1.165) is 12.8 Å². The summed E-state index contributed by atoms with van der Waals surface area (Å²) in [6.45, 7) is 18.4. The summed E-state index contributed by atoms with van der Waals surface area (Å²) in [4.78, 5) is 3.67. The Bertz CT molecular complexity index is 337. The first-order valence-corrected chi connectivity index (χ1v) is 14.7. The molecule has 2 atom stereocenters. The molecule has 0 fully saturated rings. The van der Waals surface area contributed by atoms with E-state index in [1.54, 1.807) is 0 Å². The summed E-state index contributed by atoms with van der Waals surface area (Å²) in [6.07, 6.45) is 2.10. The lowest BCUT2D eigenvalue weighted by Gasteiger charge is -2.40. The van der Waals surface area contributed by atoms with Crippen LogP contribution in [0.1, 0.15) is 40.5 Å². The Morgan fingerprint density at radius 1 is 1.05 bits per heavy atom. The van der Waals surface area contributed by atoms with Gasteiger partial charge in [-0.1, -0.05) is 51.4 Å². The fourth-order valence-electron chi connectivity index (χ4n) is 2.11. The highest BCUT2D eigenvalue weighted by molar-refractivity contribution is 14.1. The molecule has 4 N–H and O–H groups in total. The summed E-state index contributed by atoms with van der Waals surface area (Å²) >= 11 is 2.31. The van der Waals surface area contributed by atoms with E-state index >= 15 is 0 Å². The Balaban J connectivity index is 5.09. The SMILES string of the molecule is CCC(C)(N)N[Si](C)(C)/C=C\[Si](C)(C)C(C)(CC)NI. The minimum atomic E-state index is -1.62. The Hall–Kier alpha value is 0.784. The monoisotopic (exact) mass is 427 g/mol. The highest BCUT2D eigenvalue weighted by atomic mass is 127.